The molecular formula is C29H47NO6. The molecule has 36 heavy (non-hydrogen) atoms. The zero-order valence-electron chi connectivity index (χ0n) is 23.3. The summed E-state index contributed by atoms with van der Waals surface area (Å²) in [7, 11) is 0. The first kappa shape index (κ1) is 27.3. The summed E-state index contributed by atoms with van der Waals surface area (Å²) >= 11 is 0. The Morgan fingerprint density at radius 1 is 0.750 bits per heavy atom. The maximum Gasteiger partial charge on any atom is 0.410 e. The van der Waals surface area contributed by atoms with Gasteiger partial charge >= 0.3 is 18.0 Å². The number of rotatable bonds is 9. The van der Waals surface area contributed by atoms with Gasteiger partial charge in [-0.25, -0.2) is 4.79 Å². The van der Waals surface area contributed by atoms with E-state index in [2.05, 4.69) is 0 Å². The summed E-state index contributed by atoms with van der Waals surface area (Å²) in [6.07, 6.45) is 7.14. The highest BCUT2D eigenvalue weighted by atomic mass is 16.6. The highest BCUT2D eigenvalue weighted by Gasteiger charge is 2.69. The van der Waals surface area contributed by atoms with Crippen LogP contribution in [-0.2, 0) is 23.8 Å². The van der Waals surface area contributed by atoms with E-state index in [1.807, 2.05) is 27.7 Å². The van der Waals surface area contributed by atoms with E-state index in [1.54, 1.807) is 18.7 Å². The Bertz CT molecular complexity index is 777. The van der Waals surface area contributed by atoms with Gasteiger partial charge in [-0.3, -0.25) is 9.59 Å². The van der Waals surface area contributed by atoms with E-state index >= 15 is 0 Å². The molecule has 0 radical (unpaired) electrons. The average Bonchev–Trinajstić information content (AvgIpc) is 3.08. The molecule has 4 bridgehead atoms. The molecule has 0 aromatic rings. The lowest BCUT2D eigenvalue weighted by atomic mass is 9.54. The fourth-order valence-corrected chi connectivity index (χ4v) is 8.68. The molecule has 204 valence electrons. The first-order valence-electron chi connectivity index (χ1n) is 14.3. The van der Waals surface area contributed by atoms with Gasteiger partial charge in [-0.2, -0.15) is 0 Å². The second-order valence-electron chi connectivity index (χ2n) is 13.1. The van der Waals surface area contributed by atoms with E-state index in [1.165, 1.54) is 19.3 Å². The Labute approximate surface area is 217 Å². The molecule has 5 rings (SSSR count). The van der Waals surface area contributed by atoms with Crippen molar-refractivity contribution in [2.24, 2.45) is 40.4 Å². The summed E-state index contributed by atoms with van der Waals surface area (Å²) in [5.74, 6) is 1.39. The van der Waals surface area contributed by atoms with Gasteiger partial charge in [0.1, 0.15) is 16.4 Å². The van der Waals surface area contributed by atoms with Crippen LogP contribution in [0.5, 0.6) is 0 Å². The number of hydrogen-bond acceptors (Lipinski definition) is 6. The van der Waals surface area contributed by atoms with E-state index in [-0.39, 0.29) is 49.8 Å². The third kappa shape index (κ3) is 4.76. The van der Waals surface area contributed by atoms with Gasteiger partial charge in [0, 0.05) is 13.1 Å². The van der Waals surface area contributed by atoms with Crippen molar-refractivity contribution in [2.75, 3.05) is 26.3 Å². The van der Waals surface area contributed by atoms with Crippen molar-refractivity contribution in [3.63, 3.8) is 0 Å². The van der Waals surface area contributed by atoms with E-state index in [4.69, 9.17) is 14.2 Å². The summed E-state index contributed by atoms with van der Waals surface area (Å²) in [5.41, 5.74) is -2.73. The number of hydrogen-bond donors (Lipinski definition) is 0. The van der Waals surface area contributed by atoms with Gasteiger partial charge in [0.05, 0.1) is 13.2 Å². The quantitative estimate of drug-likeness (QED) is 0.300. The molecule has 0 aromatic carbocycles. The van der Waals surface area contributed by atoms with Crippen LogP contribution in [-0.4, -0.2) is 54.8 Å². The molecule has 1 heterocycles. The van der Waals surface area contributed by atoms with Crippen LogP contribution >= 0.6 is 0 Å². The molecule has 7 nitrogen and oxygen atoms in total. The minimum absolute atomic E-state index is 0.120. The number of carbonyl (C=O) groups excluding carboxylic acids is 3. The number of amides is 1. The molecule has 5 fully saturated rings. The van der Waals surface area contributed by atoms with Gasteiger partial charge < -0.3 is 19.1 Å². The van der Waals surface area contributed by atoms with Crippen molar-refractivity contribution in [2.45, 2.75) is 98.5 Å². The van der Waals surface area contributed by atoms with E-state index in [9.17, 15) is 14.4 Å². The van der Waals surface area contributed by atoms with E-state index in [0.29, 0.717) is 30.6 Å². The van der Waals surface area contributed by atoms with Crippen molar-refractivity contribution in [1.29, 1.82) is 0 Å². The lowest BCUT2D eigenvalue weighted by Crippen LogP contribution is -2.54. The fraction of sp³-hybridized carbons (Fsp3) is 0.897. The van der Waals surface area contributed by atoms with Crippen LogP contribution < -0.4 is 0 Å². The maximum atomic E-state index is 13.8. The Hall–Kier alpha value is -1.79. The number of likely N-dealkylation sites (tertiary alicyclic amines) is 1. The molecule has 2 atom stereocenters. The molecule has 1 amide bonds. The topological polar surface area (TPSA) is 82.1 Å². The monoisotopic (exact) mass is 505 g/mol. The number of nitrogens with zero attached hydrogens (tertiary/aromatic N) is 1. The molecule has 1 aliphatic heterocycles. The fourth-order valence-electron chi connectivity index (χ4n) is 8.68. The van der Waals surface area contributed by atoms with Crippen molar-refractivity contribution in [1.82, 2.24) is 4.90 Å². The minimum atomic E-state index is -1.17. The molecule has 0 spiro atoms. The predicted octanol–water partition coefficient (Wildman–Crippen LogP) is 5.60. The number of ether oxygens (including phenoxy) is 3. The third-order valence-corrected chi connectivity index (χ3v) is 9.23. The highest BCUT2D eigenvalue weighted by molar-refractivity contribution is 5.91. The van der Waals surface area contributed by atoms with Crippen molar-refractivity contribution < 1.29 is 28.6 Å². The number of carbonyl (C=O) groups is 3. The van der Waals surface area contributed by atoms with Crippen LogP contribution in [0.15, 0.2) is 0 Å². The van der Waals surface area contributed by atoms with Crippen LogP contribution in [0.3, 0.4) is 0 Å². The molecule has 0 aromatic heterocycles. The van der Waals surface area contributed by atoms with E-state index < -0.39 is 22.8 Å². The van der Waals surface area contributed by atoms with Crippen LogP contribution in [0.25, 0.3) is 0 Å². The molecule has 4 saturated carbocycles. The predicted molar refractivity (Wildman–Crippen MR) is 136 cm³/mol. The Morgan fingerprint density at radius 3 is 1.47 bits per heavy atom. The first-order valence-corrected chi connectivity index (χ1v) is 14.3. The molecule has 1 saturated heterocycles. The van der Waals surface area contributed by atoms with Gasteiger partial charge in [-0.1, -0.05) is 27.7 Å². The maximum absolute atomic E-state index is 13.8. The SMILES string of the molecule is CCOC(=O)[C@]1(CC(C)C)CN(C(=O)OC23CC4CC(CC(C4)C2)C3)C[C@]1(CC(C)C)C(=O)OCC. The van der Waals surface area contributed by atoms with Crippen LogP contribution in [0, 0.1) is 40.4 Å². The second-order valence-corrected chi connectivity index (χ2v) is 13.1. The van der Waals surface area contributed by atoms with E-state index in [0.717, 1.165) is 19.3 Å². The molecular weight excluding hydrogens is 458 g/mol. The molecule has 5 aliphatic rings. The van der Waals surface area contributed by atoms with Crippen molar-refractivity contribution >= 4 is 18.0 Å². The lowest BCUT2D eigenvalue weighted by molar-refractivity contribution is -0.179. The van der Waals surface area contributed by atoms with Crippen LogP contribution in [0.1, 0.15) is 92.9 Å². The van der Waals surface area contributed by atoms with Gasteiger partial charge in [-0.15, -0.1) is 0 Å². The third-order valence-electron chi connectivity index (χ3n) is 9.23. The second kappa shape index (κ2) is 10.2. The van der Waals surface area contributed by atoms with Gasteiger partial charge in [0.25, 0.3) is 0 Å². The first-order chi connectivity index (χ1) is 17.0. The normalized spacial score (nSPS) is 37.0. The van der Waals surface area contributed by atoms with Crippen LogP contribution in [0.2, 0.25) is 0 Å². The zero-order chi connectivity index (χ0) is 26.3. The summed E-state index contributed by atoms with van der Waals surface area (Å²) in [4.78, 5) is 43.0. The van der Waals surface area contributed by atoms with Gasteiger partial charge in [0.15, 0.2) is 0 Å². The Kier molecular flexibility index (Phi) is 7.70. The van der Waals surface area contributed by atoms with Crippen molar-refractivity contribution in [3.8, 4) is 0 Å². The van der Waals surface area contributed by atoms with Gasteiger partial charge in [-0.05, 0) is 94.8 Å². The van der Waals surface area contributed by atoms with Crippen molar-refractivity contribution in [3.05, 3.63) is 0 Å². The molecule has 7 heteroatoms. The lowest BCUT2D eigenvalue weighted by Gasteiger charge is -2.55. The van der Waals surface area contributed by atoms with Crippen LogP contribution in [0.4, 0.5) is 4.79 Å². The summed E-state index contributed by atoms with van der Waals surface area (Å²) < 4.78 is 17.7. The minimum Gasteiger partial charge on any atom is -0.465 e. The zero-order valence-corrected chi connectivity index (χ0v) is 23.3. The Balaban J connectivity index is 1.69. The highest BCUT2D eigenvalue weighted by Crippen LogP contribution is 2.59. The Morgan fingerprint density at radius 2 is 1.14 bits per heavy atom. The molecule has 0 unspecified atom stereocenters. The summed E-state index contributed by atoms with van der Waals surface area (Å²) in [6.45, 7) is 12.4. The summed E-state index contributed by atoms with van der Waals surface area (Å²) in [5, 5.41) is 0. The summed E-state index contributed by atoms with van der Waals surface area (Å²) in [6, 6.07) is 0. The number of esters is 2. The van der Waals surface area contributed by atoms with Gasteiger partial charge in [0.2, 0.25) is 0 Å². The standard InChI is InChI=1S/C29H47NO6/c1-7-34-24(31)28(12-19(3)4)17-30(18-29(28,13-20(5)6)25(32)35-8-2)26(33)36-27-14-21-9-22(15-27)11-23(10-21)16-27/h19-23H,7-18H2,1-6H3/t21?,22?,23?,27?,28-,29+. The average molecular weight is 506 g/mol. The molecule has 4 aliphatic carbocycles. The molecule has 0 N–H and O–H groups in total. The largest absolute Gasteiger partial charge is 0.465 e. The smallest absolute Gasteiger partial charge is 0.410 e.